The summed E-state index contributed by atoms with van der Waals surface area (Å²) in [4.78, 5) is 16.5. The van der Waals surface area contributed by atoms with E-state index in [1.165, 1.54) is 113 Å². The summed E-state index contributed by atoms with van der Waals surface area (Å²) < 4.78 is 84.4. The molecule has 1 aliphatic heterocycles. The van der Waals surface area contributed by atoms with Crippen LogP contribution in [0.3, 0.4) is 0 Å². The van der Waals surface area contributed by atoms with Crippen LogP contribution in [0.1, 0.15) is 164 Å². The molecule has 1 aromatic rings. The number of carbonyl (C=O) groups excluding carboxylic acids is 1. The number of benzene rings is 1. The van der Waals surface area contributed by atoms with Crippen molar-refractivity contribution in [1.29, 1.82) is 0 Å². The topological polar surface area (TPSA) is 63.7 Å². The second-order valence-electron chi connectivity index (χ2n) is 17.1. The SMILES string of the molecule is CCC[CH2][Sn]([CH2]CCC)([CH2]CCC)[CH2]CC[C@H]1CCC[C@H](CC[CH2][Sn]([CH2]CCC)([CH2]CCC)[CH2]CCC)N1C(=O)C#CI(OS(=O)(=O)C(F)(F)F)c1ccccc1. The summed E-state index contributed by atoms with van der Waals surface area (Å²) in [6.07, 6.45) is 22.5. The summed E-state index contributed by atoms with van der Waals surface area (Å²) in [5, 5.41) is 0. The number of halogens is 4. The van der Waals surface area contributed by atoms with Crippen LogP contribution in [0.2, 0.25) is 35.5 Å². The van der Waals surface area contributed by atoms with Gasteiger partial charge in [0.25, 0.3) is 0 Å². The van der Waals surface area contributed by atoms with Crippen molar-refractivity contribution < 1.29 is 28.9 Å². The fraction of sp³-hybridized carbons (Fsp3) is 0.800. The minimum absolute atomic E-state index is 0.0467. The van der Waals surface area contributed by atoms with Crippen LogP contribution < -0.4 is 0 Å². The van der Waals surface area contributed by atoms with Crippen LogP contribution in [0.5, 0.6) is 0 Å². The molecule has 5 nitrogen and oxygen atoms in total. The number of amides is 1. The Kier molecular flexibility index (Phi) is 27.0. The normalized spacial score (nSPS) is 17.0. The molecule has 0 saturated carbocycles. The molecule has 0 radical (unpaired) electrons. The van der Waals surface area contributed by atoms with Crippen molar-refractivity contribution in [3.8, 4) is 9.85 Å². The van der Waals surface area contributed by atoms with Crippen molar-refractivity contribution >= 4 is 73.0 Å². The molecule has 0 N–H and O–H groups in total. The van der Waals surface area contributed by atoms with Gasteiger partial charge in [-0.1, -0.05) is 0 Å². The quantitative estimate of drug-likeness (QED) is 0.0347. The molecular formula is C45H79F3INO4SSn2. The fourth-order valence-electron chi connectivity index (χ4n) is 9.20. The molecule has 0 unspecified atom stereocenters. The number of alkyl halides is 3. The molecule has 0 aromatic heterocycles. The van der Waals surface area contributed by atoms with Gasteiger partial charge in [0.15, 0.2) is 0 Å². The van der Waals surface area contributed by atoms with Crippen LogP contribution >= 0.6 is 20.2 Å². The van der Waals surface area contributed by atoms with Gasteiger partial charge in [-0.2, -0.15) is 0 Å². The Morgan fingerprint density at radius 2 is 1.05 bits per heavy atom. The van der Waals surface area contributed by atoms with Crippen molar-refractivity contribution in [1.82, 2.24) is 4.90 Å². The molecule has 2 rings (SSSR count). The second-order valence-corrected chi connectivity index (χ2v) is 51.4. The Bertz CT molecular complexity index is 1330. The summed E-state index contributed by atoms with van der Waals surface area (Å²) in [6.45, 7) is 13.9. The van der Waals surface area contributed by atoms with Crippen molar-refractivity contribution in [3.63, 3.8) is 0 Å². The number of nitrogens with zero attached hydrogens (tertiary/aromatic N) is 1. The maximum absolute atomic E-state index is 14.5. The zero-order valence-corrected chi connectivity index (χ0v) is 45.3. The average molecular weight is 1150 g/mol. The number of hydrogen-bond acceptors (Lipinski definition) is 4. The van der Waals surface area contributed by atoms with Gasteiger partial charge in [-0.15, -0.1) is 0 Å². The predicted octanol–water partition coefficient (Wildman–Crippen LogP) is 15.1. The number of likely N-dealkylation sites (tertiary alicyclic amines) is 1. The minimum atomic E-state index is -5.88. The van der Waals surface area contributed by atoms with E-state index < -0.39 is 72.6 Å². The molecule has 1 amide bonds. The third-order valence-electron chi connectivity index (χ3n) is 12.5. The molecule has 1 aliphatic rings. The molecule has 1 aromatic carbocycles. The Labute approximate surface area is 363 Å². The summed E-state index contributed by atoms with van der Waals surface area (Å²) >= 11 is -8.55. The zero-order valence-electron chi connectivity index (χ0n) is 36.6. The standard InChI is InChI=1S/C21H25F3INO4S.6C4H9.2Sn/c1-3-9-18-13-8-14-19(10-4-2)26(18)20(27)15-16-25(17-11-6-5-7-12-17)30-31(28,29)21(22,23)24;6*1-3-4-2;;/h5-7,11-12,18-19H,1-4,8-10,13-14H2;6*1,3-4H2,2H3;;/t18-,19-;;;;;;;;/m0......../s1. The van der Waals surface area contributed by atoms with Crippen LogP contribution in [0.25, 0.3) is 0 Å². The average Bonchev–Trinajstić information content (AvgIpc) is 3.20. The van der Waals surface area contributed by atoms with Gasteiger partial charge >= 0.3 is 367 Å². The van der Waals surface area contributed by atoms with Crippen LogP contribution in [0.15, 0.2) is 30.3 Å². The van der Waals surface area contributed by atoms with Crippen LogP contribution in [-0.2, 0) is 17.4 Å². The van der Waals surface area contributed by atoms with E-state index in [9.17, 15) is 26.4 Å². The Morgan fingerprint density at radius 3 is 1.40 bits per heavy atom. The molecule has 0 spiro atoms. The van der Waals surface area contributed by atoms with E-state index in [0.717, 1.165) is 44.9 Å². The van der Waals surface area contributed by atoms with Gasteiger partial charge in [0.1, 0.15) is 0 Å². The van der Waals surface area contributed by atoms with Gasteiger partial charge in [0, 0.05) is 0 Å². The van der Waals surface area contributed by atoms with Gasteiger partial charge in [-0.25, -0.2) is 0 Å². The molecule has 1 fully saturated rings. The molecule has 0 aliphatic carbocycles. The van der Waals surface area contributed by atoms with E-state index in [-0.39, 0.29) is 18.0 Å². The molecular weight excluding hydrogens is 1070 g/mol. The number of hydrogen-bond donors (Lipinski definition) is 0. The third kappa shape index (κ3) is 19.1. The van der Waals surface area contributed by atoms with Crippen molar-refractivity contribution in [3.05, 3.63) is 33.9 Å². The first-order chi connectivity index (χ1) is 27.3. The van der Waals surface area contributed by atoms with E-state index in [1.54, 1.807) is 30.3 Å². The summed E-state index contributed by atoms with van der Waals surface area (Å²) in [5.74, 6) is 2.37. The first kappa shape index (κ1) is 53.4. The number of rotatable bonds is 29. The zero-order chi connectivity index (χ0) is 42.2. The Hall–Kier alpha value is 0.277. The van der Waals surface area contributed by atoms with Gasteiger partial charge in [0.2, 0.25) is 0 Å². The Morgan fingerprint density at radius 1 is 0.684 bits per heavy atom. The van der Waals surface area contributed by atoms with E-state index in [2.05, 4.69) is 51.4 Å². The van der Waals surface area contributed by atoms with Crippen molar-refractivity contribution in [2.24, 2.45) is 0 Å². The third-order valence-corrected chi connectivity index (χ3v) is 50.8. The number of carbonyl (C=O) groups is 1. The first-order valence-corrected chi connectivity index (χ1v) is 43.5. The van der Waals surface area contributed by atoms with Gasteiger partial charge in [-0.3, -0.25) is 0 Å². The molecule has 0 bridgehead atoms. The number of piperidine rings is 1. The van der Waals surface area contributed by atoms with E-state index >= 15 is 0 Å². The monoisotopic (exact) mass is 1150 g/mol. The first-order valence-electron chi connectivity index (χ1n) is 22.9. The molecule has 1 saturated heterocycles. The predicted molar refractivity (Wildman–Crippen MR) is 249 cm³/mol. The fourth-order valence-corrected chi connectivity index (χ4v) is 47.2. The van der Waals surface area contributed by atoms with Crippen LogP contribution in [0.4, 0.5) is 13.2 Å². The summed E-state index contributed by atoms with van der Waals surface area (Å²) in [5.41, 5.74) is -5.57. The summed E-state index contributed by atoms with van der Waals surface area (Å²) in [6, 6.07) is 8.14. The number of unbranched alkanes of at least 4 members (excludes halogenated alkanes) is 6. The summed E-state index contributed by atoms with van der Waals surface area (Å²) in [7, 11) is -5.88. The van der Waals surface area contributed by atoms with Gasteiger partial charge < -0.3 is 0 Å². The van der Waals surface area contributed by atoms with Gasteiger partial charge in [0.05, 0.1) is 0 Å². The maximum atomic E-state index is 14.5. The van der Waals surface area contributed by atoms with E-state index in [0.29, 0.717) is 3.57 Å². The van der Waals surface area contributed by atoms with Crippen molar-refractivity contribution in [2.75, 3.05) is 0 Å². The van der Waals surface area contributed by atoms with E-state index in [1.807, 2.05) is 4.90 Å². The second kappa shape index (κ2) is 28.8. The molecule has 12 heteroatoms. The molecule has 57 heavy (non-hydrogen) atoms. The molecule has 1 heterocycles. The van der Waals surface area contributed by atoms with Crippen LogP contribution in [0, 0.1) is 13.4 Å². The van der Waals surface area contributed by atoms with Crippen LogP contribution in [-0.4, -0.2) is 73.6 Å². The molecule has 330 valence electrons. The Balaban J connectivity index is 2.49. The van der Waals surface area contributed by atoms with Gasteiger partial charge in [-0.05, 0) is 0 Å². The molecule has 2 atom stereocenters. The van der Waals surface area contributed by atoms with Crippen molar-refractivity contribution in [2.45, 2.75) is 217 Å². The van der Waals surface area contributed by atoms with E-state index in [4.69, 9.17) is 2.51 Å².